The number of rotatable bonds is 3. The monoisotopic (exact) mass is 205 g/mol. The third-order valence-electron chi connectivity index (χ3n) is 1.80. The van der Waals surface area contributed by atoms with Crippen LogP contribution in [0.5, 0.6) is 0 Å². The van der Waals surface area contributed by atoms with Crippen LogP contribution in [0.1, 0.15) is 11.5 Å². The molecule has 0 aromatic carbocycles. The Morgan fingerprint density at radius 1 is 1.40 bits per heavy atom. The lowest BCUT2D eigenvalue weighted by atomic mass is 10.4. The van der Waals surface area contributed by atoms with Crippen LogP contribution in [0.3, 0.4) is 0 Å². The summed E-state index contributed by atoms with van der Waals surface area (Å²) in [6.07, 6.45) is 3.07. The van der Waals surface area contributed by atoms with Crippen LogP contribution in [0.2, 0.25) is 0 Å². The number of nitrogens with one attached hydrogen (secondary N) is 1. The molecule has 15 heavy (non-hydrogen) atoms. The van der Waals surface area contributed by atoms with Gasteiger partial charge in [-0.2, -0.15) is 0 Å². The molecule has 0 atom stereocenters. The fourth-order valence-corrected chi connectivity index (χ4v) is 1.11. The Morgan fingerprint density at radius 2 is 2.27 bits per heavy atom. The number of aromatic nitrogens is 3. The molecule has 0 fully saturated rings. The molecule has 0 amide bonds. The van der Waals surface area contributed by atoms with E-state index in [9.17, 15) is 0 Å². The Labute approximate surface area is 86.5 Å². The van der Waals surface area contributed by atoms with Crippen molar-refractivity contribution in [3.63, 3.8) is 0 Å². The van der Waals surface area contributed by atoms with Crippen molar-refractivity contribution in [2.75, 3.05) is 11.1 Å². The third-order valence-corrected chi connectivity index (χ3v) is 1.80. The van der Waals surface area contributed by atoms with E-state index in [1.54, 1.807) is 6.20 Å². The molecule has 2 aromatic rings. The van der Waals surface area contributed by atoms with Crippen molar-refractivity contribution in [3.8, 4) is 0 Å². The lowest BCUT2D eigenvalue weighted by molar-refractivity contribution is 0.391. The molecule has 0 radical (unpaired) electrons. The highest BCUT2D eigenvalue weighted by Crippen LogP contribution is 2.06. The highest BCUT2D eigenvalue weighted by molar-refractivity contribution is 5.36. The number of nitrogen functional groups attached to an aromatic ring is 1. The zero-order valence-corrected chi connectivity index (χ0v) is 8.27. The van der Waals surface area contributed by atoms with Crippen LogP contribution in [0.15, 0.2) is 23.0 Å². The van der Waals surface area contributed by atoms with Gasteiger partial charge >= 0.3 is 0 Å². The Morgan fingerprint density at radius 3 is 2.87 bits per heavy atom. The van der Waals surface area contributed by atoms with Crippen molar-refractivity contribution in [1.29, 1.82) is 0 Å². The van der Waals surface area contributed by atoms with Crippen molar-refractivity contribution in [3.05, 3.63) is 29.9 Å². The van der Waals surface area contributed by atoms with Gasteiger partial charge in [0.15, 0.2) is 0 Å². The summed E-state index contributed by atoms with van der Waals surface area (Å²) in [5.41, 5.74) is 6.23. The molecular weight excluding hydrogens is 194 g/mol. The summed E-state index contributed by atoms with van der Waals surface area (Å²) in [5, 5.41) is 6.89. The summed E-state index contributed by atoms with van der Waals surface area (Å²) in [7, 11) is 0. The van der Waals surface area contributed by atoms with Crippen LogP contribution in [-0.4, -0.2) is 15.1 Å². The molecule has 0 spiro atoms. The van der Waals surface area contributed by atoms with Gasteiger partial charge in [-0.3, -0.25) is 0 Å². The van der Waals surface area contributed by atoms with Gasteiger partial charge in [-0.1, -0.05) is 5.16 Å². The highest BCUT2D eigenvalue weighted by atomic mass is 16.5. The molecule has 2 aromatic heterocycles. The first kappa shape index (κ1) is 9.45. The van der Waals surface area contributed by atoms with Crippen LogP contribution in [0, 0.1) is 6.92 Å². The molecule has 78 valence electrons. The first-order chi connectivity index (χ1) is 7.24. The normalized spacial score (nSPS) is 10.2. The zero-order valence-electron chi connectivity index (χ0n) is 8.27. The highest BCUT2D eigenvalue weighted by Gasteiger charge is 2.00. The van der Waals surface area contributed by atoms with Gasteiger partial charge < -0.3 is 15.6 Å². The first-order valence-electron chi connectivity index (χ1n) is 4.47. The summed E-state index contributed by atoms with van der Waals surface area (Å²) in [5.74, 6) is 1.85. The van der Waals surface area contributed by atoms with Gasteiger partial charge in [0.05, 0.1) is 18.9 Å². The summed E-state index contributed by atoms with van der Waals surface area (Å²) < 4.78 is 4.93. The molecule has 0 aliphatic rings. The number of aryl methyl sites for hydroxylation is 1. The van der Waals surface area contributed by atoms with Crippen LogP contribution in [0.25, 0.3) is 0 Å². The largest absolute Gasteiger partial charge is 0.382 e. The topological polar surface area (TPSA) is 89.9 Å². The fraction of sp³-hybridized carbons (Fsp3) is 0.222. The average Bonchev–Trinajstić information content (AvgIpc) is 2.64. The summed E-state index contributed by atoms with van der Waals surface area (Å²) in [6.45, 7) is 2.40. The van der Waals surface area contributed by atoms with Gasteiger partial charge in [0.25, 0.3) is 0 Å². The number of hydrogen-bond acceptors (Lipinski definition) is 6. The molecular formula is C9H11N5O. The number of nitrogens with two attached hydrogens (primary N) is 1. The van der Waals surface area contributed by atoms with E-state index in [0.29, 0.717) is 18.2 Å². The Balaban J connectivity index is 1.96. The van der Waals surface area contributed by atoms with Crippen LogP contribution in [0.4, 0.5) is 11.6 Å². The van der Waals surface area contributed by atoms with Crippen LogP contribution in [-0.2, 0) is 6.54 Å². The fourth-order valence-electron chi connectivity index (χ4n) is 1.11. The Bertz CT molecular complexity index is 436. The van der Waals surface area contributed by atoms with E-state index < -0.39 is 0 Å². The molecule has 0 aliphatic carbocycles. The van der Waals surface area contributed by atoms with E-state index in [1.807, 2.05) is 13.0 Å². The molecule has 0 saturated carbocycles. The summed E-state index contributed by atoms with van der Waals surface area (Å²) >= 11 is 0. The summed E-state index contributed by atoms with van der Waals surface area (Å²) in [4.78, 5) is 7.95. The van der Waals surface area contributed by atoms with E-state index >= 15 is 0 Å². The second-order valence-electron chi connectivity index (χ2n) is 3.11. The van der Waals surface area contributed by atoms with Crippen LogP contribution >= 0.6 is 0 Å². The standard InChI is InChI=1S/C9H11N5O/c1-6-2-7(14-15-6)3-12-9-5-11-8(10)4-13-9/h2,4-5H,3H2,1H3,(H2,10,11)(H,12,13). The molecule has 0 unspecified atom stereocenters. The molecule has 6 heteroatoms. The minimum absolute atomic E-state index is 0.401. The zero-order chi connectivity index (χ0) is 10.7. The maximum absolute atomic E-state index is 5.41. The quantitative estimate of drug-likeness (QED) is 0.775. The van der Waals surface area contributed by atoms with E-state index in [0.717, 1.165) is 11.5 Å². The smallest absolute Gasteiger partial charge is 0.144 e. The maximum atomic E-state index is 5.41. The lowest BCUT2D eigenvalue weighted by Gasteiger charge is -2.01. The van der Waals surface area contributed by atoms with Crippen molar-refractivity contribution >= 4 is 11.6 Å². The SMILES string of the molecule is Cc1cc(CNc2cnc(N)cn2)no1. The van der Waals surface area contributed by atoms with E-state index in [2.05, 4.69) is 20.4 Å². The van der Waals surface area contributed by atoms with Crippen LogP contribution < -0.4 is 11.1 Å². The number of nitrogens with zero attached hydrogens (tertiary/aromatic N) is 3. The second kappa shape index (κ2) is 3.95. The van der Waals surface area contributed by atoms with Gasteiger partial charge in [-0.25, -0.2) is 9.97 Å². The molecule has 0 bridgehead atoms. The predicted octanol–water partition coefficient (Wildman–Crippen LogP) is 0.967. The molecule has 2 rings (SSSR count). The maximum Gasteiger partial charge on any atom is 0.144 e. The Kier molecular flexibility index (Phi) is 2.49. The number of anilines is 2. The van der Waals surface area contributed by atoms with Crippen molar-refractivity contribution in [1.82, 2.24) is 15.1 Å². The predicted molar refractivity (Wildman–Crippen MR) is 55.0 cm³/mol. The van der Waals surface area contributed by atoms with Gasteiger partial charge in [0, 0.05) is 6.07 Å². The van der Waals surface area contributed by atoms with Crippen molar-refractivity contribution < 1.29 is 4.52 Å². The average molecular weight is 205 g/mol. The van der Waals surface area contributed by atoms with Crippen molar-refractivity contribution in [2.24, 2.45) is 0 Å². The summed E-state index contributed by atoms with van der Waals surface area (Å²) in [6, 6.07) is 1.86. The van der Waals surface area contributed by atoms with E-state index in [1.165, 1.54) is 6.20 Å². The van der Waals surface area contributed by atoms with Gasteiger partial charge in [0.1, 0.15) is 23.1 Å². The minimum Gasteiger partial charge on any atom is -0.382 e. The molecule has 3 N–H and O–H groups in total. The van der Waals surface area contributed by atoms with E-state index in [-0.39, 0.29) is 0 Å². The minimum atomic E-state index is 0.401. The molecule has 2 heterocycles. The molecule has 0 saturated heterocycles. The molecule has 6 nitrogen and oxygen atoms in total. The lowest BCUT2D eigenvalue weighted by Crippen LogP contribution is -2.02. The molecule has 0 aliphatic heterocycles. The van der Waals surface area contributed by atoms with Gasteiger partial charge in [-0.15, -0.1) is 0 Å². The third kappa shape index (κ3) is 2.43. The second-order valence-corrected chi connectivity index (χ2v) is 3.11. The first-order valence-corrected chi connectivity index (χ1v) is 4.47. The van der Waals surface area contributed by atoms with Gasteiger partial charge in [-0.05, 0) is 6.92 Å². The number of hydrogen-bond donors (Lipinski definition) is 2. The van der Waals surface area contributed by atoms with Gasteiger partial charge in [0.2, 0.25) is 0 Å². The Hall–Kier alpha value is -2.11. The van der Waals surface area contributed by atoms with E-state index in [4.69, 9.17) is 10.3 Å². The van der Waals surface area contributed by atoms with Crippen molar-refractivity contribution in [2.45, 2.75) is 13.5 Å².